The van der Waals surface area contributed by atoms with E-state index in [0.717, 1.165) is 5.76 Å². The highest BCUT2D eigenvalue weighted by molar-refractivity contribution is 5.84. The Morgan fingerprint density at radius 2 is 2.16 bits per heavy atom. The summed E-state index contributed by atoms with van der Waals surface area (Å²) in [5.74, 6) is 0.482. The third-order valence-corrected chi connectivity index (χ3v) is 2.71. The minimum atomic E-state index is -0.575. The van der Waals surface area contributed by atoms with Crippen LogP contribution in [0.25, 0.3) is 0 Å². The smallest absolute Gasteiger partial charge is 0.328 e. The fraction of sp³-hybridized carbons (Fsp3) is 0.571. The SMILES string of the molecule is COC(=O)C(CC(C)C)NC(=O)CCc1ccco1. The number of methoxy groups -OCH3 is 1. The van der Waals surface area contributed by atoms with Crippen molar-refractivity contribution in [1.82, 2.24) is 5.32 Å². The van der Waals surface area contributed by atoms with E-state index in [1.165, 1.54) is 7.11 Å². The van der Waals surface area contributed by atoms with E-state index < -0.39 is 12.0 Å². The van der Waals surface area contributed by atoms with Crippen molar-refractivity contribution in [2.75, 3.05) is 7.11 Å². The first-order valence-corrected chi connectivity index (χ1v) is 6.42. The zero-order chi connectivity index (χ0) is 14.3. The molecule has 1 heterocycles. The molecule has 0 aliphatic carbocycles. The number of furan rings is 1. The van der Waals surface area contributed by atoms with Crippen LogP contribution >= 0.6 is 0 Å². The van der Waals surface area contributed by atoms with Gasteiger partial charge in [0.2, 0.25) is 5.91 Å². The number of aryl methyl sites for hydroxylation is 1. The number of ether oxygens (including phenoxy) is 1. The van der Waals surface area contributed by atoms with Gasteiger partial charge in [-0.1, -0.05) is 13.8 Å². The summed E-state index contributed by atoms with van der Waals surface area (Å²) in [6.45, 7) is 3.98. The third kappa shape index (κ3) is 5.59. The van der Waals surface area contributed by atoms with Gasteiger partial charge in [-0.25, -0.2) is 4.79 Å². The van der Waals surface area contributed by atoms with Gasteiger partial charge in [-0.2, -0.15) is 0 Å². The highest BCUT2D eigenvalue weighted by Crippen LogP contribution is 2.08. The Morgan fingerprint density at radius 3 is 2.68 bits per heavy atom. The van der Waals surface area contributed by atoms with E-state index in [1.54, 1.807) is 12.3 Å². The molecule has 1 amide bonds. The molecule has 0 saturated heterocycles. The number of hydrogen-bond acceptors (Lipinski definition) is 4. The van der Waals surface area contributed by atoms with Gasteiger partial charge in [0.25, 0.3) is 0 Å². The van der Waals surface area contributed by atoms with Crippen LogP contribution in [-0.2, 0) is 20.7 Å². The van der Waals surface area contributed by atoms with Gasteiger partial charge in [0.1, 0.15) is 11.8 Å². The number of esters is 1. The number of nitrogens with one attached hydrogen (secondary N) is 1. The molecule has 1 rings (SSSR count). The minimum absolute atomic E-state index is 0.174. The molecule has 0 aromatic carbocycles. The molecule has 19 heavy (non-hydrogen) atoms. The predicted octanol–water partition coefficient (Wildman–Crippen LogP) is 1.92. The van der Waals surface area contributed by atoms with Gasteiger partial charge in [-0.05, 0) is 24.5 Å². The van der Waals surface area contributed by atoms with Crippen LogP contribution in [0, 0.1) is 5.92 Å². The fourth-order valence-corrected chi connectivity index (χ4v) is 1.79. The van der Waals surface area contributed by atoms with Gasteiger partial charge >= 0.3 is 5.97 Å². The summed E-state index contributed by atoms with van der Waals surface area (Å²) in [5, 5.41) is 2.71. The van der Waals surface area contributed by atoms with Crippen molar-refractivity contribution in [3.8, 4) is 0 Å². The first-order valence-electron chi connectivity index (χ1n) is 6.42. The molecule has 0 radical (unpaired) electrons. The topological polar surface area (TPSA) is 68.5 Å². The second kappa shape index (κ2) is 7.61. The first-order chi connectivity index (χ1) is 9.02. The lowest BCUT2D eigenvalue weighted by molar-refractivity contribution is -0.145. The molecule has 106 valence electrons. The van der Waals surface area contributed by atoms with Crippen LogP contribution in [0.4, 0.5) is 0 Å². The lowest BCUT2D eigenvalue weighted by Gasteiger charge is -2.18. The Bertz CT molecular complexity index is 398. The van der Waals surface area contributed by atoms with Crippen molar-refractivity contribution < 1.29 is 18.7 Å². The number of rotatable bonds is 7. The number of carbonyl (C=O) groups is 2. The van der Waals surface area contributed by atoms with Crippen LogP contribution in [-0.4, -0.2) is 25.0 Å². The van der Waals surface area contributed by atoms with Crippen LogP contribution in [0.15, 0.2) is 22.8 Å². The first kappa shape index (κ1) is 15.3. The second-order valence-electron chi connectivity index (χ2n) is 4.85. The third-order valence-electron chi connectivity index (χ3n) is 2.71. The minimum Gasteiger partial charge on any atom is -0.469 e. The highest BCUT2D eigenvalue weighted by Gasteiger charge is 2.22. The Morgan fingerprint density at radius 1 is 1.42 bits per heavy atom. The van der Waals surface area contributed by atoms with Crippen molar-refractivity contribution >= 4 is 11.9 Å². The van der Waals surface area contributed by atoms with Crippen molar-refractivity contribution in [2.24, 2.45) is 5.92 Å². The highest BCUT2D eigenvalue weighted by atomic mass is 16.5. The standard InChI is InChI=1S/C14H21NO4/c1-10(2)9-12(14(17)18-3)15-13(16)7-6-11-5-4-8-19-11/h4-5,8,10,12H,6-7,9H2,1-3H3,(H,15,16). The molecule has 1 N–H and O–H groups in total. The number of hydrogen-bond donors (Lipinski definition) is 1. The number of carbonyl (C=O) groups excluding carboxylic acids is 2. The maximum atomic E-state index is 11.8. The quantitative estimate of drug-likeness (QED) is 0.766. The summed E-state index contributed by atoms with van der Waals surface area (Å²) in [7, 11) is 1.32. The molecule has 5 nitrogen and oxygen atoms in total. The molecular weight excluding hydrogens is 246 g/mol. The number of amides is 1. The molecule has 0 aliphatic heterocycles. The summed E-state index contributed by atoms with van der Waals surface area (Å²) in [5.41, 5.74) is 0. The molecule has 0 bridgehead atoms. The molecule has 5 heteroatoms. The van der Waals surface area contributed by atoms with Crippen molar-refractivity contribution in [1.29, 1.82) is 0 Å². The van der Waals surface area contributed by atoms with Gasteiger partial charge in [-0.15, -0.1) is 0 Å². The van der Waals surface area contributed by atoms with Gasteiger partial charge in [-0.3, -0.25) is 4.79 Å². The monoisotopic (exact) mass is 267 g/mol. The molecule has 0 fully saturated rings. The Labute approximate surface area is 113 Å². The molecular formula is C14H21NO4. The van der Waals surface area contributed by atoms with E-state index in [-0.39, 0.29) is 5.91 Å². The molecule has 1 unspecified atom stereocenters. The fourth-order valence-electron chi connectivity index (χ4n) is 1.79. The van der Waals surface area contributed by atoms with Gasteiger partial charge in [0.15, 0.2) is 0 Å². The summed E-state index contributed by atoms with van der Waals surface area (Å²) in [4.78, 5) is 23.4. The normalized spacial score (nSPS) is 12.2. The van der Waals surface area contributed by atoms with Crippen molar-refractivity contribution in [2.45, 2.75) is 39.2 Å². The van der Waals surface area contributed by atoms with E-state index in [4.69, 9.17) is 9.15 Å². The van der Waals surface area contributed by atoms with E-state index in [1.807, 2.05) is 19.9 Å². The zero-order valence-electron chi connectivity index (χ0n) is 11.6. The molecule has 0 spiro atoms. The van der Waals surface area contributed by atoms with Crippen LogP contribution in [0.1, 0.15) is 32.4 Å². The molecule has 0 saturated carbocycles. The Hall–Kier alpha value is -1.78. The Balaban J connectivity index is 2.44. The summed E-state index contributed by atoms with van der Waals surface area (Å²) < 4.78 is 9.84. The maximum absolute atomic E-state index is 11.8. The Kier molecular flexibility index (Phi) is 6.12. The van der Waals surface area contributed by atoms with E-state index in [9.17, 15) is 9.59 Å². The molecule has 1 aromatic heterocycles. The summed E-state index contributed by atoms with van der Waals surface area (Å²) >= 11 is 0. The van der Waals surface area contributed by atoms with Crippen LogP contribution < -0.4 is 5.32 Å². The molecule has 0 aliphatic rings. The van der Waals surface area contributed by atoms with E-state index in [2.05, 4.69) is 5.32 Å². The largest absolute Gasteiger partial charge is 0.469 e. The zero-order valence-corrected chi connectivity index (χ0v) is 11.6. The summed E-state index contributed by atoms with van der Waals surface area (Å²) in [6.07, 6.45) is 2.95. The summed E-state index contributed by atoms with van der Waals surface area (Å²) in [6, 6.07) is 3.02. The van der Waals surface area contributed by atoms with Crippen LogP contribution in [0.5, 0.6) is 0 Å². The van der Waals surface area contributed by atoms with Crippen LogP contribution in [0.2, 0.25) is 0 Å². The molecule has 1 aromatic rings. The van der Waals surface area contributed by atoms with E-state index in [0.29, 0.717) is 25.2 Å². The van der Waals surface area contributed by atoms with Crippen molar-refractivity contribution in [3.63, 3.8) is 0 Å². The van der Waals surface area contributed by atoms with E-state index >= 15 is 0 Å². The average molecular weight is 267 g/mol. The lowest BCUT2D eigenvalue weighted by Crippen LogP contribution is -2.42. The second-order valence-corrected chi connectivity index (χ2v) is 4.85. The van der Waals surface area contributed by atoms with Gasteiger partial charge < -0.3 is 14.5 Å². The average Bonchev–Trinajstić information content (AvgIpc) is 2.87. The van der Waals surface area contributed by atoms with Crippen molar-refractivity contribution in [3.05, 3.63) is 24.2 Å². The predicted molar refractivity (Wildman–Crippen MR) is 70.4 cm³/mol. The maximum Gasteiger partial charge on any atom is 0.328 e. The van der Waals surface area contributed by atoms with Gasteiger partial charge in [0, 0.05) is 12.8 Å². The van der Waals surface area contributed by atoms with Crippen LogP contribution in [0.3, 0.4) is 0 Å². The molecule has 1 atom stereocenters. The lowest BCUT2D eigenvalue weighted by atomic mass is 10.0. The van der Waals surface area contributed by atoms with Gasteiger partial charge in [0.05, 0.1) is 13.4 Å².